The molecule has 3 rings (SSSR count). The molecule has 6 heteroatoms. The Hall–Kier alpha value is -2.24. The van der Waals surface area contributed by atoms with Gasteiger partial charge >= 0.3 is 0 Å². The van der Waals surface area contributed by atoms with Crippen LogP contribution in [0, 0.1) is 0 Å². The van der Waals surface area contributed by atoms with E-state index in [-0.39, 0.29) is 19.4 Å². The molecule has 0 bridgehead atoms. The fourth-order valence-corrected chi connectivity index (χ4v) is 2.48. The van der Waals surface area contributed by atoms with Crippen molar-refractivity contribution in [1.29, 1.82) is 0 Å². The van der Waals surface area contributed by atoms with E-state index < -0.39 is 23.5 Å². The molecule has 0 aromatic heterocycles. The van der Waals surface area contributed by atoms with Crippen LogP contribution in [0.4, 0.5) is 4.39 Å². The topological polar surface area (TPSA) is 66.5 Å². The molecule has 1 aromatic carbocycles. The third kappa shape index (κ3) is 1.63. The molecular weight excluding hydrogens is 251 g/mol. The summed E-state index contributed by atoms with van der Waals surface area (Å²) in [5.74, 6) is -4.51. The van der Waals surface area contributed by atoms with Crippen molar-refractivity contribution < 1.29 is 18.8 Å². The van der Waals surface area contributed by atoms with Gasteiger partial charge in [-0.1, -0.05) is 18.2 Å². The molecule has 3 amide bonds. The Morgan fingerprint density at radius 3 is 2.63 bits per heavy atom. The second-order valence-corrected chi connectivity index (χ2v) is 4.69. The van der Waals surface area contributed by atoms with Crippen LogP contribution in [0.1, 0.15) is 28.8 Å². The van der Waals surface area contributed by atoms with Crippen molar-refractivity contribution >= 4 is 17.7 Å². The summed E-state index contributed by atoms with van der Waals surface area (Å²) >= 11 is 0. The third-order valence-corrected chi connectivity index (χ3v) is 3.53. The number of hydrogen-bond acceptors (Lipinski definition) is 3. The molecule has 98 valence electrons. The first kappa shape index (κ1) is 11.8. The van der Waals surface area contributed by atoms with Gasteiger partial charge in [-0.05, 0) is 11.6 Å². The van der Waals surface area contributed by atoms with Crippen LogP contribution in [0.3, 0.4) is 0 Å². The van der Waals surface area contributed by atoms with Crippen LogP contribution in [0.25, 0.3) is 0 Å². The summed E-state index contributed by atoms with van der Waals surface area (Å²) in [6.07, 6.45) is -0.403. The second-order valence-electron chi connectivity index (χ2n) is 4.69. The minimum Gasteiger partial charge on any atom is -0.294 e. The predicted molar refractivity (Wildman–Crippen MR) is 62.5 cm³/mol. The van der Waals surface area contributed by atoms with Crippen molar-refractivity contribution in [3.8, 4) is 0 Å². The van der Waals surface area contributed by atoms with Crippen molar-refractivity contribution in [3.63, 3.8) is 0 Å². The number of halogens is 1. The highest BCUT2D eigenvalue weighted by Crippen LogP contribution is 2.34. The van der Waals surface area contributed by atoms with Crippen LogP contribution in [0.5, 0.6) is 0 Å². The zero-order valence-electron chi connectivity index (χ0n) is 9.98. The SMILES string of the molecule is O=C1CCC(F)(N2Cc3ccccc3C2=O)C(=O)N1. The summed E-state index contributed by atoms with van der Waals surface area (Å²) in [6, 6.07) is 6.77. The maximum Gasteiger partial charge on any atom is 0.285 e. The van der Waals surface area contributed by atoms with Crippen LogP contribution in [0.2, 0.25) is 0 Å². The molecule has 1 unspecified atom stereocenters. The number of carbonyl (C=O) groups excluding carboxylic acids is 3. The molecule has 1 aromatic rings. The largest absolute Gasteiger partial charge is 0.294 e. The Morgan fingerprint density at radius 1 is 1.21 bits per heavy atom. The normalized spacial score (nSPS) is 26.4. The lowest BCUT2D eigenvalue weighted by Gasteiger charge is -2.35. The summed E-state index contributed by atoms with van der Waals surface area (Å²) in [6.45, 7) is 0.0487. The van der Waals surface area contributed by atoms with Crippen LogP contribution < -0.4 is 5.32 Å². The van der Waals surface area contributed by atoms with E-state index >= 15 is 0 Å². The van der Waals surface area contributed by atoms with Gasteiger partial charge in [0.1, 0.15) is 0 Å². The van der Waals surface area contributed by atoms with Crippen LogP contribution in [-0.4, -0.2) is 28.4 Å². The fourth-order valence-electron chi connectivity index (χ4n) is 2.48. The number of nitrogens with one attached hydrogen (secondary N) is 1. The Morgan fingerprint density at radius 2 is 1.95 bits per heavy atom. The Balaban J connectivity index is 1.95. The lowest BCUT2D eigenvalue weighted by Crippen LogP contribution is -2.60. The van der Waals surface area contributed by atoms with Crippen LogP contribution in [0.15, 0.2) is 24.3 Å². The molecule has 0 radical (unpaired) electrons. The van der Waals surface area contributed by atoms with Gasteiger partial charge in [-0.25, -0.2) is 4.39 Å². The molecule has 0 aliphatic carbocycles. The fraction of sp³-hybridized carbons (Fsp3) is 0.308. The number of fused-ring (bicyclic) bond motifs is 1. The number of hydrogen-bond donors (Lipinski definition) is 1. The molecule has 2 aliphatic heterocycles. The predicted octanol–water partition coefficient (Wildman–Crippen LogP) is 0.745. The Labute approximate surface area is 108 Å². The van der Waals surface area contributed by atoms with Gasteiger partial charge in [0.15, 0.2) is 0 Å². The van der Waals surface area contributed by atoms with Crippen molar-refractivity contribution in [2.45, 2.75) is 25.2 Å². The minimum absolute atomic E-state index is 0.0487. The highest BCUT2D eigenvalue weighted by Gasteiger charge is 2.52. The van der Waals surface area contributed by atoms with Crippen molar-refractivity contribution in [1.82, 2.24) is 10.2 Å². The van der Waals surface area contributed by atoms with Gasteiger partial charge in [0.2, 0.25) is 5.91 Å². The van der Waals surface area contributed by atoms with Crippen LogP contribution in [-0.2, 0) is 16.1 Å². The van der Waals surface area contributed by atoms with Gasteiger partial charge < -0.3 is 0 Å². The lowest BCUT2D eigenvalue weighted by atomic mass is 10.0. The monoisotopic (exact) mass is 262 g/mol. The molecule has 0 saturated carbocycles. The summed E-state index contributed by atoms with van der Waals surface area (Å²) in [7, 11) is 0. The first-order valence-electron chi connectivity index (χ1n) is 5.95. The van der Waals surface area contributed by atoms with Gasteiger partial charge in [0.05, 0.1) is 6.54 Å². The number of imide groups is 1. The van der Waals surface area contributed by atoms with E-state index in [1.165, 1.54) is 0 Å². The van der Waals surface area contributed by atoms with Crippen molar-refractivity contribution in [3.05, 3.63) is 35.4 Å². The van der Waals surface area contributed by atoms with E-state index in [2.05, 4.69) is 0 Å². The lowest BCUT2D eigenvalue weighted by molar-refractivity contribution is -0.154. The number of rotatable bonds is 1. The van der Waals surface area contributed by atoms with E-state index in [4.69, 9.17) is 0 Å². The number of piperidine rings is 1. The first-order chi connectivity index (χ1) is 9.02. The standard InChI is InChI=1S/C13H11FN2O3/c14-13(6-5-10(17)15-12(13)19)16-7-8-3-1-2-4-9(8)11(16)18/h1-4H,5-7H2,(H,15,17,19). The Kier molecular flexibility index (Phi) is 2.41. The van der Waals surface area contributed by atoms with Crippen molar-refractivity contribution in [2.75, 3.05) is 0 Å². The van der Waals surface area contributed by atoms with Crippen molar-refractivity contribution in [2.24, 2.45) is 0 Å². The van der Waals surface area contributed by atoms with Gasteiger partial charge in [-0.2, -0.15) is 0 Å². The number of amides is 3. The first-order valence-corrected chi connectivity index (χ1v) is 5.95. The quantitative estimate of drug-likeness (QED) is 0.599. The summed E-state index contributed by atoms with van der Waals surface area (Å²) in [5, 5.41) is 1.95. The van der Waals surface area contributed by atoms with E-state index in [0.29, 0.717) is 11.1 Å². The second kappa shape index (κ2) is 3.88. The Bertz CT molecular complexity index is 601. The molecule has 1 fully saturated rings. The van der Waals surface area contributed by atoms with E-state index in [1.807, 2.05) is 5.32 Å². The van der Waals surface area contributed by atoms with Crippen LogP contribution >= 0.6 is 0 Å². The zero-order valence-corrected chi connectivity index (χ0v) is 9.98. The highest BCUT2D eigenvalue weighted by molar-refractivity contribution is 6.06. The van der Waals surface area contributed by atoms with E-state index in [1.54, 1.807) is 24.3 Å². The minimum atomic E-state index is -2.44. The maximum absolute atomic E-state index is 14.8. The number of carbonyl (C=O) groups is 3. The average Bonchev–Trinajstić information content (AvgIpc) is 2.73. The number of alkyl halides is 1. The molecule has 2 heterocycles. The summed E-state index contributed by atoms with van der Waals surface area (Å²) < 4.78 is 14.8. The highest BCUT2D eigenvalue weighted by atomic mass is 19.1. The van der Waals surface area contributed by atoms with Gasteiger partial charge in [-0.3, -0.25) is 24.6 Å². The zero-order chi connectivity index (χ0) is 13.6. The molecule has 2 aliphatic rings. The maximum atomic E-state index is 14.8. The molecule has 5 nitrogen and oxygen atoms in total. The molecule has 1 saturated heterocycles. The molecule has 1 N–H and O–H groups in total. The van der Waals surface area contributed by atoms with Gasteiger partial charge in [-0.15, -0.1) is 0 Å². The summed E-state index contributed by atoms with van der Waals surface area (Å²) in [5.41, 5.74) is 1.10. The summed E-state index contributed by atoms with van der Waals surface area (Å²) in [4.78, 5) is 35.8. The van der Waals surface area contributed by atoms with Gasteiger partial charge in [0, 0.05) is 18.4 Å². The third-order valence-electron chi connectivity index (χ3n) is 3.53. The number of nitrogens with zero attached hydrogens (tertiary/aromatic N) is 1. The number of benzene rings is 1. The molecule has 19 heavy (non-hydrogen) atoms. The average molecular weight is 262 g/mol. The smallest absolute Gasteiger partial charge is 0.285 e. The van der Waals surface area contributed by atoms with E-state index in [0.717, 1.165) is 4.90 Å². The molecule has 0 spiro atoms. The van der Waals surface area contributed by atoms with Gasteiger partial charge in [0.25, 0.3) is 17.6 Å². The van der Waals surface area contributed by atoms with E-state index in [9.17, 15) is 18.8 Å². The molecular formula is C13H11FN2O3. The molecule has 1 atom stereocenters.